The van der Waals surface area contributed by atoms with Gasteiger partial charge in [-0.2, -0.15) is 0 Å². The first-order valence-corrected chi connectivity index (χ1v) is 5.25. The SMILES string of the molecule is CCC1C2C(CCC(C)C)C12. The topological polar surface area (TPSA) is 0 Å². The van der Waals surface area contributed by atoms with Crippen molar-refractivity contribution >= 4 is 0 Å². The Morgan fingerprint density at radius 1 is 1.09 bits per heavy atom. The first-order valence-electron chi connectivity index (χ1n) is 5.25. The summed E-state index contributed by atoms with van der Waals surface area (Å²) in [6, 6.07) is 0. The third kappa shape index (κ3) is 1.21. The van der Waals surface area contributed by atoms with Gasteiger partial charge in [-0.3, -0.25) is 0 Å². The van der Waals surface area contributed by atoms with Crippen LogP contribution in [0, 0.1) is 29.6 Å². The van der Waals surface area contributed by atoms with E-state index < -0.39 is 0 Å². The highest BCUT2D eigenvalue weighted by Crippen LogP contribution is 2.75. The number of fused-ring (bicyclic) bond motifs is 1. The molecule has 2 unspecified atom stereocenters. The summed E-state index contributed by atoms with van der Waals surface area (Å²) >= 11 is 0. The van der Waals surface area contributed by atoms with Gasteiger partial charge in [-0.15, -0.1) is 0 Å². The van der Waals surface area contributed by atoms with E-state index in [1.54, 1.807) is 0 Å². The summed E-state index contributed by atoms with van der Waals surface area (Å²) in [5.74, 6) is 5.70. The van der Waals surface area contributed by atoms with Crippen LogP contribution in [0.25, 0.3) is 0 Å². The summed E-state index contributed by atoms with van der Waals surface area (Å²) in [4.78, 5) is 0. The molecule has 11 heavy (non-hydrogen) atoms. The maximum atomic E-state index is 2.34. The lowest BCUT2D eigenvalue weighted by atomic mass is 9.95. The molecule has 0 bridgehead atoms. The zero-order valence-electron chi connectivity index (χ0n) is 8.01. The van der Waals surface area contributed by atoms with Gasteiger partial charge in [-0.25, -0.2) is 0 Å². The van der Waals surface area contributed by atoms with Crippen LogP contribution in [-0.2, 0) is 0 Å². The molecule has 2 fully saturated rings. The molecule has 64 valence electrons. The molecule has 2 atom stereocenters. The molecule has 0 aromatic heterocycles. The van der Waals surface area contributed by atoms with Crippen molar-refractivity contribution in [3.05, 3.63) is 0 Å². The highest BCUT2D eigenvalue weighted by atomic mass is 14.7. The maximum absolute atomic E-state index is 2.34. The molecule has 0 N–H and O–H groups in total. The van der Waals surface area contributed by atoms with Gasteiger partial charge < -0.3 is 0 Å². The fourth-order valence-corrected chi connectivity index (χ4v) is 2.80. The Labute approximate surface area is 70.4 Å². The Morgan fingerprint density at radius 2 is 1.73 bits per heavy atom. The summed E-state index contributed by atoms with van der Waals surface area (Å²) in [6.07, 6.45) is 4.45. The van der Waals surface area contributed by atoms with E-state index in [1.165, 1.54) is 42.9 Å². The van der Waals surface area contributed by atoms with Gasteiger partial charge >= 0.3 is 0 Å². The number of hydrogen-bond acceptors (Lipinski definition) is 0. The molecule has 0 radical (unpaired) electrons. The van der Waals surface area contributed by atoms with Gasteiger partial charge in [0.05, 0.1) is 0 Å². The second-order valence-corrected chi connectivity index (χ2v) is 4.86. The minimum absolute atomic E-state index is 0.926. The molecule has 0 aliphatic heterocycles. The third-order valence-electron chi connectivity index (χ3n) is 3.69. The standard InChI is InChI=1S/C11H20/c1-4-8-10-9(11(8)10)6-5-7(2)3/h7-11H,4-6H2,1-3H3. The summed E-state index contributed by atoms with van der Waals surface area (Å²) in [5.41, 5.74) is 0. The monoisotopic (exact) mass is 152 g/mol. The molecular formula is C11H20. The van der Waals surface area contributed by atoms with Crippen molar-refractivity contribution in [2.24, 2.45) is 29.6 Å². The van der Waals surface area contributed by atoms with Crippen molar-refractivity contribution in [3.8, 4) is 0 Å². The van der Waals surface area contributed by atoms with Gasteiger partial charge in [0.1, 0.15) is 0 Å². The van der Waals surface area contributed by atoms with E-state index in [4.69, 9.17) is 0 Å². The van der Waals surface area contributed by atoms with Gasteiger partial charge in [-0.1, -0.05) is 33.6 Å². The zero-order valence-corrected chi connectivity index (χ0v) is 8.01. The molecule has 0 amide bonds. The lowest BCUT2D eigenvalue weighted by molar-refractivity contribution is 0.402. The third-order valence-corrected chi connectivity index (χ3v) is 3.69. The van der Waals surface area contributed by atoms with E-state index in [0.717, 1.165) is 5.92 Å². The van der Waals surface area contributed by atoms with E-state index in [-0.39, 0.29) is 0 Å². The molecule has 0 aromatic rings. The second-order valence-electron chi connectivity index (χ2n) is 4.86. The van der Waals surface area contributed by atoms with Crippen molar-refractivity contribution in [2.75, 3.05) is 0 Å². The quantitative estimate of drug-likeness (QED) is 0.579. The Bertz CT molecular complexity index is 138. The molecular weight excluding hydrogens is 132 g/mol. The Kier molecular flexibility index (Phi) is 1.74. The number of rotatable bonds is 4. The molecule has 0 heterocycles. The van der Waals surface area contributed by atoms with Crippen LogP contribution >= 0.6 is 0 Å². The van der Waals surface area contributed by atoms with Crippen LogP contribution in [0.4, 0.5) is 0 Å². The normalized spacial score (nSPS) is 45.8. The molecule has 2 rings (SSSR count). The average molecular weight is 152 g/mol. The molecule has 0 heteroatoms. The van der Waals surface area contributed by atoms with Crippen molar-refractivity contribution in [1.82, 2.24) is 0 Å². The predicted molar refractivity (Wildman–Crippen MR) is 48.3 cm³/mol. The van der Waals surface area contributed by atoms with Gasteiger partial charge in [0.15, 0.2) is 0 Å². The van der Waals surface area contributed by atoms with E-state index in [9.17, 15) is 0 Å². The molecule has 0 saturated heterocycles. The van der Waals surface area contributed by atoms with Crippen molar-refractivity contribution < 1.29 is 0 Å². The van der Waals surface area contributed by atoms with Gasteiger partial charge in [0.2, 0.25) is 0 Å². The fraction of sp³-hybridized carbons (Fsp3) is 1.00. The van der Waals surface area contributed by atoms with Gasteiger partial charge in [0.25, 0.3) is 0 Å². The number of hydrogen-bond donors (Lipinski definition) is 0. The van der Waals surface area contributed by atoms with Crippen LogP contribution in [0.5, 0.6) is 0 Å². The second kappa shape index (κ2) is 2.50. The van der Waals surface area contributed by atoms with Crippen LogP contribution < -0.4 is 0 Å². The lowest BCUT2D eigenvalue weighted by Crippen LogP contribution is -2.01. The Hall–Kier alpha value is 0. The fourth-order valence-electron chi connectivity index (χ4n) is 2.80. The van der Waals surface area contributed by atoms with Crippen molar-refractivity contribution in [1.29, 1.82) is 0 Å². The molecule has 2 saturated carbocycles. The first kappa shape index (κ1) is 7.64. The van der Waals surface area contributed by atoms with Crippen LogP contribution in [0.3, 0.4) is 0 Å². The van der Waals surface area contributed by atoms with Gasteiger partial charge in [0, 0.05) is 0 Å². The van der Waals surface area contributed by atoms with Crippen LogP contribution in [0.2, 0.25) is 0 Å². The maximum Gasteiger partial charge on any atom is -0.0318 e. The zero-order chi connectivity index (χ0) is 8.01. The highest BCUT2D eigenvalue weighted by molar-refractivity contribution is 5.18. The highest BCUT2D eigenvalue weighted by Gasteiger charge is 2.70. The largest absolute Gasteiger partial charge is 0.0651 e. The first-order chi connectivity index (χ1) is 5.25. The Balaban J connectivity index is 1.58. The van der Waals surface area contributed by atoms with E-state index in [0.29, 0.717) is 0 Å². The van der Waals surface area contributed by atoms with E-state index >= 15 is 0 Å². The van der Waals surface area contributed by atoms with Crippen LogP contribution in [-0.4, -0.2) is 0 Å². The van der Waals surface area contributed by atoms with E-state index in [1.807, 2.05) is 0 Å². The summed E-state index contributed by atoms with van der Waals surface area (Å²) in [7, 11) is 0. The minimum Gasteiger partial charge on any atom is -0.0651 e. The van der Waals surface area contributed by atoms with E-state index in [2.05, 4.69) is 20.8 Å². The molecule has 2 aliphatic rings. The smallest absolute Gasteiger partial charge is 0.0318 e. The Morgan fingerprint density at radius 3 is 2.18 bits per heavy atom. The summed E-state index contributed by atoms with van der Waals surface area (Å²) in [6.45, 7) is 7.02. The predicted octanol–water partition coefficient (Wildman–Crippen LogP) is 3.32. The minimum atomic E-state index is 0.926. The van der Waals surface area contributed by atoms with Crippen molar-refractivity contribution in [3.63, 3.8) is 0 Å². The van der Waals surface area contributed by atoms with Gasteiger partial charge in [-0.05, 0) is 36.0 Å². The summed E-state index contributed by atoms with van der Waals surface area (Å²) < 4.78 is 0. The summed E-state index contributed by atoms with van der Waals surface area (Å²) in [5, 5.41) is 0. The molecule has 0 nitrogen and oxygen atoms in total. The van der Waals surface area contributed by atoms with Crippen LogP contribution in [0.15, 0.2) is 0 Å². The van der Waals surface area contributed by atoms with Crippen LogP contribution in [0.1, 0.15) is 40.0 Å². The molecule has 0 spiro atoms. The molecule has 2 aliphatic carbocycles. The van der Waals surface area contributed by atoms with Crippen molar-refractivity contribution in [2.45, 2.75) is 40.0 Å². The average Bonchev–Trinajstić information content (AvgIpc) is 2.73. The molecule has 0 aromatic carbocycles. The lowest BCUT2D eigenvalue weighted by Gasteiger charge is -2.10.